The number of rotatable bonds is 5. The molecule has 0 unspecified atom stereocenters. The Hall–Kier alpha value is -1.88. The molecule has 2 rings (SSSR count). The number of nitrogens with two attached hydrogens (primary N) is 1. The average Bonchev–Trinajstić information content (AvgIpc) is 2.85. The van der Waals surface area contributed by atoms with Crippen LogP contribution < -0.4 is 10.5 Å². The van der Waals surface area contributed by atoms with Gasteiger partial charge in [0.15, 0.2) is 5.82 Å². The average molecular weight is 233 g/mol. The van der Waals surface area contributed by atoms with Crippen LogP contribution >= 0.6 is 0 Å². The molecule has 2 N–H and O–H groups in total. The fourth-order valence-corrected chi connectivity index (χ4v) is 1.49. The van der Waals surface area contributed by atoms with Gasteiger partial charge in [-0.2, -0.15) is 4.98 Å². The molecule has 0 aliphatic carbocycles. The molecule has 0 aliphatic rings. The molecule has 0 atom stereocenters. The standard InChI is InChI=1S/C12H15N3O2/c1-16-10-5-2-4-9(8-10)12-14-11(15-17-12)6-3-7-13/h2,4-5,8H,3,6-7,13H2,1H3. The van der Waals surface area contributed by atoms with E-state index in [4.69, 9.17) is 15.0 Å². The van der Waals surface area contributed by atoms with Crippen LogP contribution in [0.4, 0.5) is 0 Å². The Bertz CT molecular complexity index is 482. The van der Waals surface area contributed by atoms with E-state index in [-0.39, 0.29) is 0 Å². The van der Waals surface area contributed by atoms with E-state index in [2.05, 4.69) is 10.1 Å². The summed E-state index contributed by atoms with van der Waals surface area (Å²) >= 11 is 0. The topological polar surface area (TPSA) is 74.2 Å². The predicted molar refractivity (Wildman–Crippen MR) is 63.7 cm³/mol. The number of aryl methyl sites for hydroxylation is 1. The fourth-order valence-electron chi connectivity index (χ4n) is 1.49. The van der Waals surface area contributed by atoms with Crippen molar-refractivity contribution >= 4 is 0 Å². The van der Waals surface area contributed by atoms with Gasteiger partial charge in [0, 0.05) is 12.0 Å². The normalized spacial score (nSPS) is 10.5. The van der Waals surface area contributed by atoms with Crippen LogP contribution in [0.25, 0.3) is 11.5 Å². The number of methoxy groups -OCH3 is 1. The van der Waals surface area contributed by atoms with Crippen molar-refractivity contribution in [2.24, 2.45) is 5.73 Å². The zero-order valence-electron chi connectivity index (χ0n) is 9.72. The molecule has 5 nitrogen and oxygen atoms in total. The van der Waals surface area contributed by atoms with E-state index < -0.39 is 0 Å². The van der Waals surface area contributed by atoms with Gasteiger partial charge in [0.2, 0.25) is 0 Å². The van der Waals surface area contributed by atoms with Crippen LogP contribution in [-0.2, 0) is 6.42 Å². The minimum Gasteiger partial charge on any atom is -0.497 e. The molecule has 0 saturated carbocycles. The van der Waals surface area contributed by atoms with Crippen molar-refractivity contribution in [3.05, 3.63) is 30.1 Å². The Morgan fingerprint density at radius 2 is 2.29 bits per heavy atom. The van der Waals surface area contributed by atoms with E-state index in [9.17, 15) is 0 Å². The third-order valence-corrected chi connectivity index (χ3v) is 2.39. The molecule has 0 saturated heterocycles. The molecule has 2 aromatic rings. The van der Waals surface area contributed by atoms with Gasteiger partial charge < -0.3 is 15.0 Å². The molecular weight excluding hydrogens is 218 g/mol. The molecule has 1 heterocycles. The van der Waals surface area contributed by atoms with Crippen LogP contribution in [0.1, 0.15) is 12.2 Å². The molecule has 1 aromatic heterocycles. The smallest absolute Gasteiger partial charge is 0.258 e. The van der Waals surface area contributed by atoms with E-state index >= 15 is 0 Å². The first-order valence-corrected chi connectivity index (χ1v) is 5.50. The van der Waals surface area contributed by atoms with Crippen molar-refractivity contribution in [1.29, 1.82) is 0 Å². The van der Waals surface area contributed by atoms with Crippen LogP contribution in [0.3, 0.4) is 0 Å². The molecule has 17 heavy (non-hydrogen) atoms. The molecule has 0 aliphatic heterocycles. The Morgan fingerprint density at radius 1 is 1.41 bits per heavy atom. The summed E-state index contributed by atoms with van der Waals surface area (Å²) in [5.74, 6) is 1.97. The highest BCUT2D eigenvalue weighted by atomic mass is 16.5. The minimum absolute atomic E-state index is 0.510. The lowest BCUT2D eigenvalue weighted by Gasteiger charge is -1.99. The van der Waals surface area contributed by atoms with Crippen molar-refractivity contribution in [2.75, 3.05) is 13.7 Å². The van der Waals surface area contributed by atoms with Crippen LogP contribution in [0.2, 0.25) is 0 Å². The summed E-state index contributed by atoms with van der Waals surface area (Å²) in [6.07, 6.45) is 1.60. The van der Waals surface area contributed by atoms with Crippen LogP contribution in [-0.4, -0.2) is 23.8 Å². The molecule has 0 spiro atoms. The van der Waals surface area contributed by atoms with E-state index in [0.717, 1.165) is 24.2 Å². The molecule has 1 aromatic carbocycles. The third-order valence-electron chi connectivity index (χ3n) is 2.39. The zero-order chi connectivity index (χ0) is 12.1. The largest absolute Gasteiger partial charge is 0.497 e. The van der Waals surface area contributed by atoms with Gasteiger partial charge in [-0.15, -0.1) is 0 Å². The Kier molecular flexibility index (Phi) is 3.72. The molecule has 0 amide bonds. The number of aromatic nitrogens is 2. The summed E-state index contributed by atoms with van der Waals surface area (Å²) in [5, 5.41) is 3.90. The maximum Gasteiger partial charge on any atom is 0.258 e. The van der Waals surface area contributed by atoms with E-state index in [0.29, 0.717) is 18.3 Å². The quantitative estimate of drug-likeness (QED) is 0.849. The fraction of sp³-hybridized carbons (Fsp3) is 0.333. The second kappa shape index (κ2) is 5.45. The summed E-state index contributed by atoms with van der Waals surface area (Å²) in [6, 6.07) is 7.52. The first-order chi connectivity index (χ1) is 8.33. The lowest BCUT2D eigenvalue weighted by Crippen LogP contribution is -2.01. The van der Waals surface area contributed by atoms with Crippen LogP contribution in [0.15, 0.2) is 28.8 Å². The molecule has 5 heteroatoms. The van der Waals surface area contributed by atoms with Crippen molar-refractivity contribution in [3.8, 4) is 17.2 Å². The van der Waals surface area contributed by atoms with Gasteiger partial charge in [-0.25, -0.2) is 0 Å². The highest BCUT2D eigenvalue weighted by Gasteiger charge is 2.08. The first-order valence-electron chi connectivity index (χ1n) is 5.50. The Balaban J connectivity index is 2.18. The molecule has 90 valence electrons. The van der Waals surface area contributed by atoms with Gasteiger partial charge in [-0.1, -0.05) is 11.2 Å². The van der Waals surface area contributed by atoms with Gasteiger partial charge in [-0.3, -0.25) is 0 Å². The van der Waals surface area contributed by atoms with Crippen LogP contribution in [0, 0.1) is 0 Å². The van der Waals surface area contributed by atoms with Crippen molar-refractivity contribution in [1.82, 2.24) is 10.1 Å². The monoisotopic (exact) mass is 233 g/mol. The molecule has 0 radical (unpaired) electrons. The Morgan fingerprint density at radius 3 is 3.06 bits per heavy atom. The number of ether oxygens (including phenoxy) is 1. The summed E-state index contributed by atoms with van der Waals surface area (Å²) in [5.41, 5.74) is 6.29. The maximum atomic E-state index is 5.43. The van der Waals surface area contributed by atoms with E-state index in [1.165, 1.54) is 0 Å². The first kappa shape index (κ1) is 11.6. The van der Waals surface area contributed by atoms with Gasteiger partial charge in [-0.05, 0) is 31.2 Å². The summed E-state index contributed by atoms with van der Waals surface area (Å²) in [4.78, 5) is 4.30. The van der Waals surface area contributed by atoms with Crippen molar-refractivity contribution in [3.63, 3.8) is 0 Å². The van der Waals surface area contributed by atoms with Gasteiger partial charge in [0.1, 0.15) is 5.75 Å². The van der Waals surface area contributed by atoms with Crippen LogP contribution in [0.5, 0.6) is 5.75 Å². The number of nitrogens with zero attached hydrogens (tertiary/aromatic N) is 2. The second-order valence-corrected chi connectivity index (χ2v) is 3.64. The Labute approximate surface area is 99.6 Å². The number of hydrogen-bond donors (Lipinski definition) is 1. The van der Waals surface area contributed by atoms with E-state index in [1.54, 1.807) is 7.11 Å². The predicted octanol–water partition coefficient (Wildman–Crippen LogP) is 1.64. The van der Waals surface area contributed by atoms with Gasteiger partial charge in [0.25, 0.3) is 5.89 Å². The lowest BCUT2D eigenvalue weighted by atomic mass is 10.2. The summed E-state index contributed by atoms with van der Waals surface area (Å²) in [6.45, 7) is 0.628. The maximum absolute atomic E-state index is 5.43. The zero-order valence-corrected chi connectivity index (χ0v) is 9.72. The van der Waals surface area contributed by atoms with Crippen molar-refractivity contribution < 1.29 is 9.26 Å². The van der Waals surface area contributed by atoms with Gasteiger partial charge >= 0.3 is 0 Å². The third kappa shape index (κ3) is 2.82. The molecular formula is C12H15N3O2. The number of benzene rings is 1. The lowest BCUT2D eigenvalue weighted by molar-refractivity contribution is 0.412. The highest BCUT2D eigenvalue weighted by Crippen LogP contribution is 2.22. The highest BCUT2D eigenvalue weighted by molar-refractivity contribution is 5.55. The van der Waals surface area contributed by atoms with Gasteiger partial charge in [0.05, 0.1) is 7.11 Å². The molecule has 0 fully saturated rings. The van der Waals surface area contributed by atoms with E-state index in [1.807, 2.05) is 24.3 Å². The SMILES string of the molecule is COc1cccc(-c2nc(CCCN)no2)c1. The second-order valence-electron chi connectivity index (χ2n) is 3.64. The summed E-state index contributed by atoms with van der Waals surface area (Å²) < 4.78 is 10.3. The molecule has 0 bridgehead atoms. The summed E-state index contributed by atoms with van der Waals surface area (Å²) in [7, 11) is 1.62. The minimum atomic E-state index is 0.510. The van der Waals surface area contributed by atoms with Crippen molar-refractivity contribution in [2.45, 2.75) is 12.8 Å². The number of hydrogen-bond acceptors (Lipinski definition) is 5.